The maximum atomic E-state index is 11.8. The van der Waals surface area contributed by atoms with E-state index in [1.165, 1.54) is 0 Å². The van der Waals surface area contributed by atoms with Crippen LogP contribution in [0.3, 0.4) is 0 Å². The number of ether oxygens (including phenoxy) is 1. The molecule has 1 aromatic rings. The van der Waals surface area contributed by atoms with Gasteiger partial charge in [0.05, 0.1) is 5.92 Å². The number of carbonyl (C=O) groups is 1. The molecule has 0 aromatic heterocycles. The Kier molecular flexibility index (Phi) is 3.80. The van der Waals surface area contributed by atoms with Gasteiger partial charge >= 0.3 is 5.97 Å². The van der Waals surface area contributed by atoms with Crippen molar-refractivity contribution in [3.8, 4) is 5.75 Å². The van der Waals surface area contributed by atoms with Crippen molar-refractivity contribution in [2.75, 3.05) is 13.1 Å². The van der Waals surface area contributed by atoms with Gasteiger partial charge in [-0.05, 0) is 44.1 Å². The summed E-state index contributed by atoms with van der Waals surface area (Å²) in [7, 11) is 0. The van der Waals surface area contributed by atoms with Crippen LogP contribution in [0.5, 0.6) is 5.75 Å². The lowest BCUT2D eigenvalue weighted by Gasteiger charge is -2.20. The fourth-order valence-corrected chi connectivity index (χ4v) is 1.97. The molecular weight excluding hydrogens is 226 g/mol. The molecule has 0 aliphatic carbocycles. The van der Waals surface area contributed by atoms with Crippen molar-refractivity contribution in [1.82, 2.24) is 5.32 Å². The fraction of sp³-hybridized carbons (Fsp3) is 0.417. The molecule has 1 heterocycles. The summed E-state index contributed by atoms with van der Waals surface area (Å²) in [5, 5.41) is 3.79. The summed E-state index contributed by atoms with van der Waals surface area (Å²) in [5.74, 6) is 0.389. The Labute approximate surface area is 99.7 Å². The van der Waals surface area contributed by atoms with E-state index in [4.69, 9.17) is 16.3 Å². The predicted molar refractivity (Wildman–Crippen MR) is 62.7 cm³/mol. The molecule has 2 rings (SSSR count). The number of piperidine rings is 1. The van der Waals surface area contributed by atoms with Gasteiger partial charge in [0.1, 0.15) is 5.75 Å². The third-order valence-corrected chi connectivity index (χ3v) is 2.92. The molecule has 0 atom stereocenters. The molecule has 0 saturated carbocycles. The molecule has 1 aliphatic rings. The lowest BCUT2D eigenvalue weighted by Crippen LogP contribution is -2.33. The molecule has 16 heavy (non-hydrogen) atoms. The van der Waals surface area contributed by atoms with Crippen LogP contribution in [-0.4, -0.2) is 19.1 Å². The highest BCUT2D eigenvalue weighted by molar-refractivity contribution is 6.30. The van der Waals surface area contributed by atoms with Crippen molar-refractivity contribution < 1.29 is 9.53 Å². The highest BCUT2D eigenvalue weighted by Gasteiger charge is 2.22. The number of halogens is 1. The Bertz CT molecular complexity index is 375. The van der Waals surface area contributed by atoms with Gasteiger partial charge in [-0.1, -0.05) is 17.7 Å². The average Bonchev–Trinajstić information content (AvgIpc) is 2.30. The van der Waals surface area contributed by atoms with Gasteiger partial charge in [-0.25, -0.2) is 0 Å². The third kappa shape index (κ3) is 2.97. The van der Waals surface area contributed by atoms with Crippen LogP contribution in [0.1, 0.15) is 12.8 Å². The van der Waals surface area contributed by atoms with Gasteiger partial charge < -0.3 is 10.1 Å². The number of esters is 1. The first-order valence-corrected chi connectivity index (χ1v) is 5.81. The SMILES string of the molecule is O=C(Oc1cccc(Cl)c1)C1CCNCC1. The van der Waals surface area contributed by atoms with Crippen LogP contribution in [0.15, 0.2) is 24.3 Å². The van der Waals surface area contributed by atoms with Gasteiger partial charge in [0.15, 0.2) is 0 Å². The van der Waals surface area contributed by atoms with Gasteiger partial charge in [0.2, 0.25) is 0 Å². The zero-order chi connectivity index (χ0) is 11.4. The van der Waals surface area contributed by atoms with Crippen LogP contribution in [0.4, 0.5) is 0 Å². The Morgan fingerprint density at radius 2 is 2.12 bits per heavy atom. The van der Waals surface area contributed by atoms with Crippen LogP contribution in [0.2, 0.25) is 5.02 Å². The molecule has 0 spiro atoms. The highest BCUT2D eigenvalue weighted by atomic mass is 35.5. The van der Waals surface area contributed by atoms with E-state index in [9.17, 15) is 4.79 Å². The summed E-state index contributed by atoms with van der Waals surface area (Å²) in [5.41, 5.74) is 0. The van der Waals surface area contributed by atoms with E-state index in [0.717, 1.165) is 25.9 Å². The number of hydrogen-bond acceptors (Lipinski definition) is 3. The lowest BCUT2D eigenvalue weighted by molar-refractivity contribution is -0.139. The minimum atomic E-state index is -0.149. The van der Waals surface area contributed by atoms with Gasteiger partial charge in [-0.15, -0.1) is 0 Å². The van der Waals surface area contributed by atoms with Crippen molar-refractivity contribution in [3.05, 3.63) is 29.3 Å². The number of nitrogens with one attached hydrogen (secondary N) is 1. The lowest BCUT2D eigenvalue weighted by atomic mass is 9.98. The number of carbonyl (C=O) groups excluding carboxylic acids is 1. The zero-order valence-electron chi connectivity index (χ0n) is 8.91. The molecule has 0 unspecified atom stereocenters. The Balaban J connectivity index is 1.96. The average molecular weight is 240 g/mol. The van der Waals surface area contributed by atoms with Crippen LogP contribution >= 0.6 is 11.6 Å². The van der Waals surface area contributed by atoms with Crippen molar-refractivity contribution in [2.24, 2.45) is 5.92 Å². The Morgan fingerprint density at radius 1 is 1.38 bits per heavy atom. The molecule has 1 fully saturated rings. The molecule has 4 heteroatoms. The standard InChI is InChI=1S/C12H14ClNO2/c13-10-2-1-3-11(8-10)16-12(15)9-4-6-14-7-5-9/h1-3,8-9,14H,4-7H2. The van der Waals surface area contributed by atoms with E-state index in [1.54, 1.807) is 24.3 Å². The van der Waals surface area contributed by atoms with E-state index >= 15 is 0 Å². The normalized spacial score (nSPS) is 17.1. The molecule has 86 valence electrons. The first kappa shape index (κ1) is 11.4. The van der Waals surface area contributed by atoms with Crippen LogP contribution in [0.25, 0.3) is 0 Å². The topological polar surface area (TPSA) is 38.3 Å². The van der Waals surface area contributed by atoms with Crippen molar-refractivity contribution in [3.63, 3.8) is 0 Å². The second-order valence-corrected chi connectivity index (χ2v) is 4.34. The fourth-order valence-electron chi connectivity index (χ4n) is 1.79. The monoisotopic (exact) mass is 239 g/mol. The van der Waals surface area contributed by atoms with E-state index < -0.39 is 0 Å². The minimum absolute atomic E-state index is 0.0141. The quantitative estimate of drug-likeness (QED) is 0.636. The number of benzene rings is 1. The van der Waals surface area contributed by atoms with Gasteiger partial charge in [-0.3, -0.25) is 4.79 Å². The van der Waals surface area contributed by atoms with Crippen molar-refractivity contribution >= 4 is 17.6 Å². The second kappa shape index (κ2) is 5.32. The van der Waals surface area contributed by atoms with Gasteiger partial charge in [0.25, 0.3) is 0 Å². The van der Waals surface area contributed by atoms with E-state index in [2.05, 4.69) is 5.32 Å². The number of hydrogen-bond donors (Lipinski definition) is 1. The van der Waals surface area contributed by atoms with Crippen LogP contribution < -0.4 is 10.1 Å². The first-order valence-electron chi connectivity index (χ1n) is 5.44. The second-order valence-electron chi connectivity index (χ2n) is 3.90. The summed E-state index contributed by atoms with van der Waals surface area (Å²) < 4.78 is 5.28. The smallest absolute Gasteiger partial charge is 0.314 e. The summed E-state index contributed by atoms with van der Waals surface area (Å²) in [6, 6.07) is 6.92. The Hall–Kier alpha value is -1.06. The van der Waals surface area contributed by atoms with Gasteiger partial charge in [0, 0.05) is 5.02 Å². The van der Waals surface area contributed by atoms with Crippen LogP contribution in [0, 0.1) is 5.92 Å². The van der Waals surface area contributed by atoms with E-state index in [-0.39, 0.29) is 11.9 Å². The first-order chi connectivity index (χ1) is 7.75. The van der Waals surface area contributed by atoms with Crippen LogP contribution in [-0.2, 0) is 4.79 Å². The molecule has 0 bridgehead atoms. The molecule has 1 N–H and O–H groups in total. The van der Waals surface area contributed by atoms with Crippen molar-refractivity contribution in [1.29, 1.82) is 0 Å². The molecular formula is C12H14ClNO2. The van der Waals surface area contributed by atoms with Gasteiger partial charge in [-0.2, -0.15) is 0 Å². The molecule has 1 saturated heterocycles. The van der Waals surface area contributed by atoms with Crippen molar-refractivity contribution in [2.45, 2.75) is 12.8 Å². The number of rotatable bonds is 2. The molecule has 0 amide bonds. The zero-order valence-corrected chi connectivity index (χ0v) is 9.67. The minimum Gasteiger partial charge on any atom is -0.426 e. The van der Waals surface area contributed by atoms with E-state index in [1.807, 2.05) is 0 Å². The maximum absolute atomic E-state index is 11.8. The predicted octanol–water partition coefficient (Wildman–Crippen LogP) is 2.25. The molecule has 1 aromatic carbocycles. The summed E-state index contributed by atoms with van der Waals surface area (Å²) in [6.45, 7) is 1.77. The largest absolute Gasteiger partial charge is 0.426 e. The summed E-state index contributed by atoms with van der Waals surface area (Å²) >= 11 is 5.81. The van der Waals surface area contributed by atoms with E-state index in [0.29, 0.717) is 10.8 Å². The Morgan fingerprint density at radius 3 is 2.81 bits per heavy atom. The third-order valence-electron chi connectivity index (χ3n) is 2.69. The molecule has 1 aliphatic heterocycles. The summed E-state index contributed by atoms with van der Waals surface area (Å²) in [6.07, 6.45) is 1.69. The maximum Gasteiger partial charge on any atom is 0.314 e. The highest BCUT2D eigenvalue weighted by Crippen LogP contribution is 2.20. The molecule has 3 nitrogen and oxygen atoms in total. The summed E-state index contributed by atoms with van der Waals surface area (Å²) in [4.78, 5) is 11.8. The molecule has 0 radical (unpaired) electrons.